The first kappa shape index (κ1) is 14.5. The van der Waals surface area contributed by atoms with Gasteiger partial charge in [0, 0.05) is 25.9 Å². The number of carbonyl (C=O) groups is 1. The molecule has 1 amide bonds. The minimum atomic E-state index is -0.609. The lowest BCUT2D eigenvalue weighted by molar-refractivity contribution is -0.383. The maximum Gasteiger partial charge on any atom is 0.292 e. The highest BCUT2D eigenvalue weighted by Crippen LogP contribution is 2.24. The van der Waals surface area contributed by atoms with Crippen LogP contribution in [0.25, 0.3) is 0 Å². The average molecular weight is 289 g/mol. The minimum absolute atomic E-state index is 0.107. The third-order valence-corrected chi connectivity index (χ3v) is 2.98. The number of hydrogen-bond acceptors (Lipinski definition) is 5. The molecule has 0 radical (unpaired) electrons. The average Bonchev–Trinajstić information content (AvgIpc) is 2.84. The quantitative estimate of drug-likeness (QED) is 0.481. The Bertz CT molecular complexity index is 680. The summed E-state index contributed by atoms with van der Waals surface area (Å²) in [4.78, 5) is 22.2. The lowest BCUT2D eigenvalue weighted by Gasteiger charge is -2.07. The van der Waals surface area contributed by atoms with Gasteiger partial charge in [0.2, 0.25) is 0 Å². The zero-order chi connectivity index (χ0) is 15.4. The summed E-state index contributed by atoms with van der Waals surface area (Å²) < 4.78 is 1.68. The van der Waals surface area contributed by atoms with Crippen molar-refractivity contribution in [1.82, 2.24) is 15.1 Å². The van der Waals surface area contributed by atoms with E-state index < -0.39 is 10.8 Å². The van der Waals surface area contributed by atoms with Gasteiger partial charge in [0.25, 0.3) is 11.6 Å². The van der Waals surface area contributed by atoms with Crippen LogP contribution in [0.2, 0.25) is 0 Å². The molecule has 0 atom stereocenters. The molecule has 1 aromatic carbocycles. The van der Waals surface area contributed by atoms with Crippen LogP contribution in [-0.2, 0) is 13.5 Å². The molecule has 0 aliphatic carbocycles. The number of nitrogen functional groups attached to an aromatic ring is 1. The van der Waals surface area contributed by atoms with E-state index in [0.29, 0.717) is 13.0 Å². The molecule has 2 rings (SSSR count). The molecule has 0 saturated carbocycles. The summed E-state index contributed by atoms with van der Waals surface area (Å²) in [6.45, 7) is 0.395. The highest BCUT2D eigenvalue weighted by molar-refractivity contribution is 6.00. The molecule has 21 heavy (non-hydrogen) atoms. The van der Waals surface area contributed by atoms with Crippen molar-refractivity contribution in [3.05, 3.63) is 51.8 Å². The standard InChI is InChI=1S/C13H15N5O3/c1-17-8-9(7-16-17)5-6-15-13(19)10-3-2-4-11(12(10)14)18(20)21/h2-4,7-8H,5-6,14H2,1H3,(H,15,19). The SMILES string of the molecule is Cn1cc(CCNC(=O)c2cccc([N+](=O)[O-])c2N)cn1. The smallest absolute Gasteiger partial charge is 0.292 e. The number of nitrogens with two attached hydrogens (primary N) is 1. The van der Waals surface area contributed by atoms with E-state index in [0.717, 1.165) is 5.56 Å². The molecule has 1 aromatic heterocycles. The van der Waals surface area contributed by atoms with Crippen LogP contribution in [0.4, 0.5) is 11.4 Å². The van der Waals surface area contributed by atoms with Gasteiger partial charge in [-0.05, 0) is 18.1 Å². The topological polar surface area (TPSA) is 116 Å². The first-order valence-electron chi connectivity index (χ1n) is 6.27. The highest BCUT2D eigenvalue weighted by atomic mass is 16.6. The van der Waals surface area contributed by atoms with E-state index in [1.807, 2.05) is 13.2 Å². The Morgan fingerprint density at radius 3 is 2.90 bits per heavy atom. The molecule has 8 heteroatoms. The number of hydrogen-bond donors (Lipinski definition) is 2. The molecule has 8 nitrogen and oxygen atoms in total. The molecule has 0 aliphatic rings. The molecular weight excluding hydrogens is 274 g/mol. The predicted octanol–water partition coefficient (Wildman–Crippen LogP) is 0.883. The van der Waals surface area contributed by atoms with Crippen LogP contribution < -0.4 is 11.1 Å². The van der Waals surface area contributed by atoms with E-state index in [2.05, 4.69) is 10.4 Å². The van der Waals surface area contributed by atoms with Crippen molar-refractivity contribution in [1.29, 1.82) is 0 Å². The molecule has 110 valence electrons. The fraction of sp³-hybridized carbons (Fsp3) is 0.231. The summed E-state index contributed by atoms with van der Waals surface area (Å²) in [7, 11) is 1.81. The van der Waals surface area contributed by atoms with E-state index in [9.17, 15) is 14.9 Å². The molecule has 1 heterocycles. The van der Waals surface area contributed by atoms with Crippen LogP contribution >= 0.6 is 0 Å². The van der Waals surface area contributed by atoms with E-state index >= 15 is 0 Å². The first-order valence-corrected chi connectivity index (χ1v) is 6.27. The molecule has 0 aliphatic heterocycles. The van der Waals surface area contributed by atoms with Crippen LogP contribution in [-0.4, -0.2) is 27.2 Å². The van der Waals surface area contributed by atoms with Gasteiger partial charge in [-0.1, -0.05) is 6.07 Å². The van der Waals surface area contributed by atoms with Crippen LogP contribution in [0.15, 0.2) is 30.6 Å². The summed E-state index contributed by atoms with van der Waals surface area (Å²) in [5.74, 6) is -0.430. The Balaban J connectivity index is 2.00. The number of nitrogens with zero attached hydrogens (tertiary/aromatic N) is 3. The number of carbonyl (C=O) groups excluding carboxylic acids is 1. The monoisotopic (exact) mass is 289 g/mol. The Kier molecular flexibility index (Phi) is 4.17. The Labute approximate surface area is 120 Å². The maximum absolute atomic E-state index is 12.0. The van der Waals surface area contributed by atoms with Gasteiger partial charge in [-0.25, -0.2) is 0 Å². The molecule has 2 aromatic rings. The fourth-order valence-electron chi connectivity index (χ4n) is 1.93. The van der Waals surface area contributed by atoms with Crippen molar-refractivity contribution in [2.75, 3.05) is 12.3 Å². The second-order valence-electron chi connectivity index (χ2n) is 4.52. The molecule has 0 saturated heterocycles. The Hall–Kier alpha value is -2.90. The number of nitro groups is 1. The van der Waals surface area contributed by atoms with Crippen LogP contribution in [0.5, 0.6) is 0 Å². The predicted molar refractivity (Wildman–Crippen MR) is 76.8 cm³/mol. The number of nitro benzene ring substituents is 1. The van der Waals surface area contributed by atoms with Gasteiger partial charge in [0.05, 0.1) is 16.7 Å². The van der Waals surface area contributed by atoms with E-state index in [1.165, 1.54) is 18.2 Å². The van der Waals surface area contributed by atoms with Gasteiger partial charge in [0.1, 0.15) is 5.69 Å². The number of nitrogens with one attached hydrogen (secondary N) is 1. The molecule has 0 bridgehead atoms. The van der Waals surface area contributed by atoms with Gasteiger partial charge in [-0.15, -0.1) is 0 Å². The third-order valence-electron chi connectivity index (χ3n) is 2.98. The summed E-state index contributed by atoms with van der Waals surface area (Å²) in [6.07, 6.45) is 4.19. The van der Waals surface area contributed by atoms with Crippen molar-refractivity contribution in [2.24, 2.45) is 7.05 Å². The zero-order valence-electron chi connectivity index (χ0n) is 11.4. The number of para-hydroxylation sites is 1. The van der Waals surface area contributed by atoms with Crippen molar-refractivity contribution in [2.45, 2.75) is 6.42 Å². The fourth-order valence-corrected chi connectivity index (χ4v) is 1.93. The first-order chi connectivity index (χ1) is 9.99. The lowest BCUT2D eigenvalue weighted by atomic mass is 10.1. The molecular formula is C13H15N5O3. The third kappa shape index (κ3) is 3.35. The van der Waals surface area contributed by atoms with Gasteiger partial charge in [-0.3, -0.25) is 19.6 Å². The van der Waals surface area contributed by atoms with Crippen molar-refractivity contribution in [3.8, 4) is 0 Å². The second-order valence-corrected chi connectivity index (χ2v) is 4.52. The van der Waals surface area contributed by atoms with Crippen molar-refractivity contribution in [3.63, 3.8) is 0 Å². The molecule has 3 N–H and O–H groups in total. The maximum atomic E-state index is 12.0. The Morgan fingerprint density at radius 2 is 2.29 bits per heavy atom. The normalized spacial score (nSPS) is 10.3. The number of rotatable bonds is 5. The number of amides is 1. The zero-order valence-corrected chi connectivity index (χ0v) is 11.4. The molecule has 0 fully saturated rings. The number of benzene rings is 1. The van der Waals surface area contributed by atoms with Gasteiger partial charge >= 0.3 is 0 Å². The second kappa shape index (κ2) is 6.04. The Morgan fingerprint density at radius 1 is 1.52 bits per heavy atom. The van der Waals surface area contributed by atoms with Crippen LogP contribution in [0.3, 0.4) is 0 Å². The van der Waals surface area contributed by atoms with Crippen molar-refractivity contribution < 1.29 is 9.72 Å². The van der Waals surface area contributed by atoms with Crippen LogP contribution in [0.1, 0.15) is 15.9 Å². The largest absolute Gasteiger partial charge is 0.393 e. The summed E-state index contributed by atoms with van der Waals surface area (Å²) >= 11 is 0. The van der Waals surface area contributed by atoms with E-state index in [-0.39, 0.29) is 16.9 Å². The lowest BCUT2D eigenvalue weighted by Crippen LogP contribution is -2.26. The van der Waals surface area contributed by atoms with Gasteiger partial charge in [-0.2, -0.15) is 5.10 Å². The molecule has 0 unspecified atom stereocenters. The van der Waals surface area contributed by atoms with E-state index in [4.69, 9.17) is 5.73 Å². The highest BCUT2D eigenvalue weighted by Gasteiger charge is 2.18. The minimum Gasteiger partial charge on any atom is -0.393 e. The summed E-state index contributed by atoms with van der Waals surface area (Å²) in [6, 6.07) is 4.16. The summed E-state index contributed by atoms with van der Waals surface area (Å²) in [5.41, 5.74) is 6.36. The van der Waals surface area contributed by atoms with E-state index in [1.54, 1.807) is 10.9 Å². The number of anilines is 1. The van der Waals surface area contributed by atoms with Crippen molar-refractivity contribution >= 4 is 17.3 Å². The van der Waals surface area contributed by atoms with Gasteiger partial charge < -0.3 is 11.1 Å². The number of aryl methyl sites for hydroxylation is 1. The summed E-state index contributed by atoms with van der Waals surface area (Å²) in [5, 5.41) is 17.5. The van der Waals surface area contributed by atoms with Crippen LogP contribution in [0, 0.1) is 10.1 Å². The molecule has 0 spiro atoms. The van der Waals surface area contributed by atoms with Gasteiger partial charge in [0.15, 0.2) is 0 Å². The number of aromatic nitrogens is 2.